The van der Waals surface area contributed by atoms with Gasteiger partial charge >= 0.3 is 5.97 Å². The number of allylic oxidation sites excluding steroid dienone is 4. The number of esters is 1. The number of Topliss-reactive ketones (excluding diaryl/α,β-unsaturated/α-hetero) is 1. The first kappa shape index (κ1) is 34.9. The number of cyclic esters (lactones) is 1. The van der Waals surface area contributed by atoms with E-state index in [1.165, 1.54) is 12.2 Å². The van der Waals surface area contributed by atoms with Crippen molar-refractivity contribution >= 4 is 17.7 Å². The standard InChI is InChI=1S/C30H40NO5.Y/c1-7-8-16-24(32)17-13-14-18-25(33)28(30(4,5)6)31-27(34)19-12-10-9-11-15-22(2)26-21-20-23(3)29(35)36-26;/h8,11-15,19-20,22,24,26,28,32H,16-18,21H2,1-6H3,(H,31,34);/q-1;/b14-13-,15-11-,19-12+;/t22-,24-,26-,28+;/m0./s1. The van der Waals surface area contributed by atoms with Crippen molar-refractivity contribution < 1.29 is 56.9 Å². The number of ketones is 1. The predicted octanol–water partition coefficient (Wildman–Crippen LogP) is 4.56. The maximum Gasteiger partial charge on any atom is 0.333 e. The third kappa shape index (κ3) is 14.5. The Kier molecular flexibility index (Phi) is 17.2. The average molecular weight is 584 g/mol. The molecule has 0 saturated heterocycles. The fourth-order valence-electron chi connectivity index (χ4n) is 3.41. The Bertz CT molecular complexity index is 972. The van der Waals surface area contributed by atoms with Gasteiger partial charge in [0.25, 0.3) is 0 Å². The van der Waals surface area contributed by atoms with E-state index in [1.807, 2.05) is 39.8 Å². The van der Waals surface area contributed by atoms with Gasteiger partial charge in [-0.15, -0.1) is 0 Å². The second kappa shape index (κ2) is 18.2. The zero-order chi connectivity index (χ0) is 27.1. The predicted molar refractivity (Wildman–Crippen MR) is 142 cm³/mol. The zero-order valence-electron chi connectivity index (χ0n) is 22.9. The summed E-state index contributed by atoms with van der Waals surface area (Å²) in [5.41, 5.74) is 0.170. The van der Waals surface area contributed by atoms with Crippen LogP contribution >= 0.6 is 0 Å². The zero-order valence-corrected chi connectivity index (χ0v) is 25.8. The first-order valence-electron chi connectivity index (χ1n) is 12.3. The van der Waals surface area contributed by atoms with Gasteiger partial charge in [-0.05, 0) is 37.3 Å². The van der Waals surface area contributed by atoms with Crippen molar-refractivity contribution in [3.8, 4) is 11.8 Å². The van der Waals surface area contributed by atoms with Gasteiger partial charge in [0.05, 0.1) is 12.1 Å². The van der Waals surface area contributed by atoms with E-state index in [-0.39, 0.29) is 62.9 Å². The van der Waals surface area contributed by atoms with Crippen LogP contribution < -0.4 is 5.32 Å². The minimum absolute atomic E-state index is 0. The smallest absolute Gasteiger partial charge is 0.333 e. The third-order valence-corrected chi connectivity index (χ3v) is 5.67. The van der Waals surface area contributed by atoms with E-state index in [4.69, 9.17) is 4.74 Å². The van der Waals surface area contributed by atoms with Gasteiger partial charge in [0.15, 0.2) is 5.78 Å². The summed E-state index contributed by atoms with van der Waals surface area (Å²) in [7, 11) is 0. The second-order valence-corrected chi connectivity index (χ2v) is 9.97. The third-order valence-electron chi connectivity index (χ3n) is 5.67. The Morgan fingerprint density at radius 1 is 1.24 bits per heavy atom. The van der Waals surface area contributed by atoms with Crippen LogP contribution in [0.3, 0.4) is 0 Å². The largest absolute Gasteiger partial charge is 0.504 e. The summed E-state index contributed by atoms with van der Waals surface area (Å²) in [6, 6.07) is -0.661. The van der Waals surface area contributed by atoms with E-state index >= 15 is 0 Å². The Hall–Kier alpha value is -2.07. The van der Waals surface area contributed by atoms with Gasteiger partial charge in [0.1, 0.15) is 6.10 Å². The topological polar surface area (TPSA) is 92.7 Å². The number of hydrogen-bond acceptors (Lipinski definition) is 5. The number of carbonyl (C=O) groups excluding carboxylic acids is 3. The molecule has 1 aliphatic rings. The summed E-state index contributed by atoms with van der Waals surface area (Å²) >= 11 is 0. The van der Waals surface area contributed by atoms with Gasteiger partial charge in [-0.2, -0.15) is 6.92 Å². The Labute approximate surface area is 247 Å². The van der Waals surface area contributed by atoms with Crippen LogP contribution in [0.1, 0.15) is 67.2 Å². The first-order chi connectivity index (χ1) is 17.0. The van der Waals surface area contributed by atoms with Crippen LogP contribution in [-0.4, -0.2) is 41.0 Å². The molecule has 1 heterocycles. The van der Waals surface area contributed by atoms with Gasteiger partial charge < -0.3 is 21.2 Å². The van der Waals surface area contributed by atoms with Gasteiger partial charge in [0.2, 0.25) is 5.91 Å². The van der Waals surface area contributed by atoms with Crippen LogP contribution in [0.15, 0.2) is 54.2 Å². The molecule has 37 heavy (non-hydrogen) atoms. The minimum atomic E-state index is -0.661. The Morgan fingerprint density at radius 3 is 2.54 bits per heavy atom. The molecule has 0 bridgehead atoms. The number of ether oxygens (including phenoxy) is 1. The van der Waals surface area contributed by atoms with Crippen molar-refractivity contribution in [3.05, 3.63) is 60.3 Å². The molecule has 0 spiro atoms. The van der Waals surface area contributed by atoms with Crippen LogP contribution in [0.4, 0.5) is 0 Å². The SMILES string of the molecule is C[C-]=CC[C@H](O)C/C=C\CC(=O)[C@@H](NC(=O)/C=C/C#C/C=C\[C@H](C)[C@@H]1CC=C(C)C(=O)O1)C(C)(C)C.[Y]. The molecule has 199 valence electrons. The van der Waals surface area contributed by atoms with Crippen molar-refractivity contribution in [2.75, 3.05) is 0 Å². The molecule has 0 aromatic heterocycles. The summed E-state index contributed by atoms with van der Waals surface area (Å²) in [6.07, 6.45) is 17.4. The molecule has 1 aliphatic heterocycles. The van der Waals surface area contributed by atoms with Crippen molar-refractivity contribution in [1.82, 2.24) is 5.32 Å². The van der Waals surface area contributed by atoms with E-state index in [2.05, 4.69) is 23.2 Å². The summed E-state index contributed by atoms with van der Waals surface area (Å²) in [5.74, 6) is 4.84. The van der Waals surface area contributed by atoms with E-state index < -0.39 is 23.5 Å². The number of aliphatic hydroxyl groups is 1. The fraction of sp³-hybridized carbons (Fsp3) is 0.500. The fourth-order valence-corrected chi connectivity index (χ4v) is 3.41. The summed E-state index contributed by atoms with van der Waals surface area (Å²) in [6.45, 7) is 11.2. The molecule has 2 N–H and O–H groups in total. The van der Waals surface area contributed by atoms with Gasteiger partial charge in [0, 0.05) is 63.1 Å². The van der Waals surface area contributed by atoms with E-state index in [0.717, 1.165) is 0 Å². The van der Waals surface area contributed by atoms with Crippen molar-refractivity contribution in [2.24, 2.45) is 11.3 Å². The maximum atomic E-state index is 12.7. The summed E-state index contributed by atoms with van der Waals surface area (Å²) in [4.78, 5) is 36.8. The number of carbonyl (C=O) groups is 3. The molecular formula is C30H40NO5Y-. The number of aliphatic hydroxyl groups excluding tert-OH is 1. The van der Waals surface area contributed by atoms with Crippen LogP contribution in [0.2, 0.25) is 0 Å². The summed E-state index contributed by atoms with van der Waals surface area (Å²) in [5, 5.41) is 12.6. The second-order valence-electron chi connectivity index (χ2n) is 9.97. The molecule has 0 fully saturated rings. The van der Waals surface area contributed by atoms with Crippen LogP contribution in [0.25, 0.3) is 0 Å². The van der Waals surface area contributed by atoms with E-state index in [9.17, 15) is 19.5 Å². The van der Waals surface area contributed by atoms with Crippen LogP contribution in [0, 0.1) is 29.2 Å². The van der Waals surface area contributed by atoms with Crippen molar-refractivity contribution in [3.63, 3.8) is 0 Å². The minimum Gasteiger partial charge on any atom is -0.504 e. The normalized spacial score (nSPS) is 18.6. The molecule has 7 heteroatoms. The quantitative estimate of drug-likeness (QED) is 0.122. The number of hydrogen-bond donors (Lipinski definition) is 2. The first-order valence-corrected chi connectivity index (χ1v) is 12.3. The number of rotatable bonds is 11. The molecule has 1 amide bonds. The van der Waals surface area contributed by atoms with Crippen molar-refractivity contribution in [1.29, 1.82) is 0 Å². The maximum absolute atomic E-state index is 12.7. The molecular weight excluding hydrogens is 543 g/mol. The summed E-state index contributed by atoms with van der Waals surface area (Å²) < 4.78 is 5.39. The number of nitrogens with one attached hydrogen (secondary N) is 1. The molecule has 0 aromatic rings. The van der Waals surface area contributed by atoms with Crippen LogP contribution in [0.5, 0.6) is 0 Å². The molecule has 0 aromatic carbocycles. The average Bonchev–Trinajstić information content (AvgIpc) is 2.81. The van der Waals surface area contributed by atoms with E-state index in [1.54, 1.807) is 38.2 Å². The van der Waals surface area contributed by atoms with E-state index in [0.29, 0.717) is 24.8 Å². The Morgan fingerprint density at radius 2 is 1.92 bits per heavy atom. The molecule has 1 radical (unpaired) electrons. The van der Waals surface area contributed by atoms with Gasteiger partial charge in [-0.3, -0.25) is 15.7 Å². The van der Waals surface area contributed by atoms with Gasteiger partial charge in [-0.1, -0.05) is 63.8 Å². The molecule has 4 atom stereocenters. The molecule has 0 unspecified atom stereocenters. The number of amides is 1. The van der Waals surface area contributed by atoms with Gasteiger partial charge in [-0.25, -0.2) is 4.79 Å². The monoisotopic (exact) mass is 583 g/mol. The molecule has 1 rings (SSSR count). The molecule has 6 nitrogen and oxygen atoms in total. The molecule has 0 aliphatic carbocycles. The molecule has 0 saturated carbocycles. The van der Waals surface area contributed by atoms with Crippen molar-refractivity contribution in [2.45, 2.75) is 85.5 Å². The Balaban J connectivity index is 0.0000130. The van der Waals surface area contributed by atoms with Crippen LogP contribution in [-0.2, 0) is 51.8 Å².